The summed E-state index contributed by atoms with van der Waals surface area (Å²) < 4.78 is 299. The van der Waals surface area contributed by atoms with Crippen molar-refractivity contribution in [2.45, 2.75) is 18.9 Å². The molecule has 0 bridgehead atoms. The molecule has 0 saturated heterocycles. The Labute approximate surface area is 299 Å². The van der Waals surface area contributed by atoms with Crippen molar-refractivity contribution in [3.05, 3.63) is 153 Å². The normalized spacial score (nSPS) is 15.8. The van der Waals surface area contributed by atoms with E-state index in [2.05, 4.69) is 0 Å². The second kappa shape index (κ2) is 14.8. The highest BCUT2D eigenvalue weighted by Gasteiger charge is 2.61. The maximum absolute atomic E-state index is 15.6. The van der Waals surface area contributed by atoms with Gasteiger partial charge in [-0.25, -0.2) is 87.8 Å². The predicted octanol–water partition coefficient (Wildman–Crippen LogP) is 7.55. The number of hydrogen-bond acceptors (Lipinski definition) is 0. The zero-order chi connectivity index (χ0) is 42.1. The van der Waals surface area contributed by atoms with Gasteiger partial charge in [-0.1, -0.05) is 60.6 Å². The molecule has 0 radical (unpaired) electrons. The second-order valence-electron chi connectivity index (χ2n) is 11.9. The SMILES string of the molecule is C[C@@H]1C[B-](c2c(F)c(F)c(F)c(F)c2F)(c2c(F)c(F)c(F)c(F)c2F)[NH+]=P1(c1c(F)c(F)c(F)c(F)c1F)c1c(F)c(F)c(F)c(F)c1F.c1ccccc1. The molecule has 0 aromatic heterocycles. The van der Waals surface area contributed by atoms with Crippen LogP contribution in [0.4, 0.5) is 87.8 Å². The highest BCUT2D eigenvalue weighted by molar-refractivity contribution is 7.80. The smallest absolute Gasteiger partial charge is 0.334 e. The van der Waals surface area contributed by atoms with E-state index in [0.717, 1.165) is 0 Å². The zero-order valence-corrected chi connectivity index (χ0v) is 27.7. The number of benzene rings is 5. The average molecular weight is 845 g/mol. The first kappa shape index (κ1) is 42.1. The maximum atomic E-state index is 15.6. The second-order valence-corrected chi connectivity index (χ2v) is 15.4. The van der Waals surface area contributed by atoms with E-state index in [9.17, 15) is 52.7 Å². The number of rotatable bonds is 4. The van der Waals surface area contributed by atoms with Gasteiger partial charge in [0, 0.05) is 5.66 Å². The van der Waals surface area contributed by atoms with Gasteiger partial charge in [-0.2, -0.15) is 0 Å². The zero-order valence-electron chi connectivity index (χ0n) is 26.8. The monoisotopic (exact) mass is 845 g/mol. The molecule has 0 amide bonds. The van der Waals surface area contributed by atoms with Crippen LogP contribution < -0.4 is 26.2 Å². The molecule has 5 aromatic rings. The van der Waals surface area contributed by atoms with Gasteiger partial charge in [0.15, 0.2) is 81.4 Å². The molecule has 0 unspecified atom stereocenters. The van der Waals surface area contributed by atoms with Gasteiger partial charge in [0.25, 0.3) is 0 Å². The van der Waals surface area contributed by atoms with Crippen molar-refractivity contribution >= 4 is 34.9 Å². The topological polar surface area (TPSA) is 14.0 Å². The van der Waals surface area contributed by atoms with Crippen LogP contribution in [0.2, 0.25) is 6.32 Å². The van der Waals surface area contributed by atoms with E-state index in [-0.39, 0.29) is 6.92 Å². The summed E-state index contributed by atoms with van der Waals surface area (Å²) in [6.07, 6.45) is -7.64. The van der Waals surface area contributed by atoms with Gasteiger partial charge >= 0.3 is 6.28 Å². The van der Waals surface area contributed by atoms with Crippen LogP contribution in [0.3, 0.4) is 0 Å². The van der Waals surface area contributed by atoms with E-state index >= 15 is 35.1 Å². The molecule has 1 atom stereocenters. The lowest BCUT2D eigenvalue weighted by molar-refractivity contribution is -0.269. The van der Waals surface area contributed by atoms with Gasteiger partial charge in [-0.05, 0) is 0 Å². The summed E-state index contributed by atoms with van der Waals surface area (Å²) in [5.74, 6) is -62.4. The first-order valence-corrected chi connectivity index (χ1v) is 16.8. The molecule has 1 aliphatic heterocycles. The minimum absolute atomic E-state index is 0.276. The number of hydrogen-bond donors (Lipinski definition) is 1. The first-order chi connectivity index (χ1) is 26.0. The quantitative estimate of drug-likeness (QED) is 0.0633. The lowest BCUT2D eigenvalue weighted by Gasteiger charge is -2.31. The molecule has 56 heavy (non-hydrogen) atoms. The molecule has 1 nitrogen and oxygen atoms in total. The highest BCUT2D eigenvalue weighted by atomic mass is 31.2. The van der Waals surface area contributed by atoms with Crippen LogP contribution in [0.25, 0.3) is 0 Å². The van der Waals surface area contributed by atoms with Gasteiger partial charge in [0.1, 0.15) is 40.9 Å². The Balaban J connectivity index is 0.000000912. The van der Waals surface area contributed by atoms with Gasteiger partial charge in [-0.15, -0.1) is 0 Å². The lowest BCUT2D eigenvalue weighted by atomic mass is 9.26. The Bertz CT molecular complexity index is 2220. The summed E-state index contributed by atoms with van der Waals surface area (Å²) in [7, 11) is -6.42. The van der Waals surface area contributed by atoms with Crippen molar-refractivity contribution in [2.24, 2.45) is 0 Å². The Kier molecular flexibility index (Phi) is 11.2. The molecular formula is C33H13BF20NP. The third-order valence-corrected chi connectivity index (χ3v) is 13.6. The fraction of sp³-hybridized carbons (Fsp3) is 0.0909. The van der Waals surface area contributed by atoms with Crippen molar-refractivity contribution in [3.8, 4) is 0 Å². The maximum Gasteiger partial charge on any atom is 0.334 e. The van der Waals surface area contributed by atoms with Crippen molar-refractivity contribution < 1.29 is 92.5 Å². The Morgan fingerprint density at radius 1 is 0.357 bits per heavy atom. The third-order valence-electron chi connectivity index (χ3n) is 9.00. The summed E-state index contributed by atoms with van der Waals surface area (Å²) in [6, 6.07) is 12.0. The van der Waals surface area contributed by atoms with Crippen molar-refractivity contribution in [3.63, 3.8) is 0 Å². The molecule has 1 aliphatic rings. The molecule has 0 fully saturated rings. The minimum Gasteiger partial charge on any atom is -0.478 e. The Morgan fingerprint density at radius 2 is 0.554 bits per heavy atom. The van der Waals surface area contributed by atoms with Crippen molar-refractivity contribution in [1.29, 1.82) is 0 Å². The summed E-state index contributed by atoms with van der Waals surface area (Å²) >= 11 is 0. The molecular weight excluding hydrogens is 832 g/mol. The molecule has 0 aliphatic carbocycles. The minimum atomic E-state index is -6.42. The molecule has 6 rings (SSSR count). The summed E-state index contributed by atoms with van der Waals surface area (Å²) in [5.41, 5.74) is -8.16. The number of halogens is 20. The Hall–Kier alpha value is -5.01. The highest BCUT2D eigenvalue weighted by Crippen LogP contribution is 2.54. The van der Waals surface area contributed by atoms with Crippen molar-refractivity contribution in [1.82, 2.24) is 0 Å². The molecule has 0 spiro atoms. The predicted molar refractivity (Wildman–Crippen MR) is 158 cm³/mol. The fourth-order valence-electron chi connectivity index (χ4n) is 6.69. The van der Waals surface area contributed by atoms with Crippen LogP contribution in [-0.4, -0.2) is 11.9 Å². The van der Waals surface area contributed by atoms with Gasteiger partial charge < -0.3 is 4.66 Å². The molecule has 1 heterocycles. The molecule has 298 valence electrons. The summed E-state index contributed by atoms with van der Waals surface area (Å²) in [4.78, 5) is 0. The van der Waals surface area contributed by atoms with Crippen LogP contribution >= 0.6 is 7.05 Å². The van der Waals surface area contributed by atoms with Gasteiger partial charge in [0.2, 0.25) is 11.6 Å². The van der Waals surface area contributed by atoms with Gasteiger partial charge in [0.05, 0.1) is 0 Å². The van der Waals surface area contributed by atoms with Gasteiger partial charge in [-0.3, -0.25) is 0 Å². The standard InChI is InChI=1S/C27H7BF20NP.C6H6/c1-3-2-28(4-6(29)10(33)14(37)11(34)7(4)30,5-8(31)12(35)15(38)13(36)9(5)32)49-50(3,26-22(45)18(41)16(39)19(42)23(26)46)27-24(47)20(43)17(40)21(44)25(27)48;1-2-4-6-5-3-1/h3,49H,2H2,1H3;1-6H/t3-;/m1./s1. The molecule has 23 heteroatoms. The molecule has 1 N–H and O–H groups in total. The Morgan fingerprint density at radius 3 is 0.786 bits per heavy atom. The summed E-state index contributed by atoms with van der Waals surface area (Å²) in [6.45, 7) is 0.276. The van der Waals surface area contributed by atoms with Crippen LogP contribution in [-0.2, 0) is 0 Å². The van der Waals surface area contributed by atoms with Crippen LogP contribution in [0.1, 0.15) is 6.92 Å². The molecule has 0 saturated carbocycles. The van der Waals surface area contributed by atoms with E-state index in [1.807, 2.05) is 36.4 Å². The van der Waals surface area contributed by atoms with Crippen LogP contribution in [0.5, 0.6) is 0 Å². The van der Waals surface area contributed by atoms with Crippen LogP contribution in [0, 0.1) is 116 Å². The van der Waals surface area contributed by atoms with E-state index < -0.39 is 163 Å². The van der Waals surface area contributed by atoms with E-state index in [4.69, 9.17) is 0 Å². The van der Waals surface area contributed by atoms with E-state index in [1.54, 1.807) is 0 Å². The first-order valence-electron chi connectivity index (χ1n) is 15.0. The average Bonchev–Trinajstić information content (AvgIpc) is 3.47. The number of nitrogens with one attached hydrogen (secondary N) is 1. The lowest BCUT2D eigenvalue weighted by Crippen LogP contribution is -2.97. The fourth-order valence-corrected chi connectivity index (χ4v) is 11.6. The van der Waals surface area contributed by atoms with Crippen molar-refractivity contribution in [2.75, 3.05) is 0 Å². The molecule has 5 aromatic carbocycles. The van der Waals surface area contributed by atoms with E-state index in [0.29, 0.717) is 0 Å². The summed E-state index contributed by atoms with van der Waals surface area (Å²) in [5, 5.41) is -5.30. The van der Waals surface area contributed by atoms with E-state index in [1.165, 1.54) is 4.66 Å². The third kappa shape index (κ3) is 5.93. The van der Waals surface area contributed by atoms with Crippen LogP contribution in [0.15, 0.2) is 36.4 Å². The largest absolute Gasteiger partial charge is 0.478 e.